The number of fused-ring (bicyclic) bond motifs is 5. The molecule has 8 atom stereocenters. The van der Waals surface area contributed by atoms with E-state index in [-0.39, 0.29) is 35.8 Å². The van der Waals surface area contributed by atoms with E-state index in [1.54, 1.807) is 11.9 Å². The first kappa shape index (κ1) is 31.2. The van der Waals surface area contributed by atoms with E-state index in [0.29, 0.717) is 31.9 Å². The fourth-order valence-electron chi connectivity index (χ4n) is 6.47. The number of nitrogens with one attached hydrogen (secondary N) is 2. The number of benzene rings is 1. The third kappa shape index (κ3) is 8.18. The molecule has 0 saturated heterocycles. The summed E-state index contributed by atoms with van der Waals surface area (Å²) >= 11 is 0. The average Bonchev–Trinajstić information content (AvgIpc) is 3.31. The summed E-state index contributed by atoms with van der Waals surface area (Å²) < 4.78 is 6.34. The Morgan fingerprint density at radius 3 is 2.73 bits per heavy atom. The van der Waals surface area contributed by atoms with Crippen molar-refractivity contribution in [3.05, 3.63) is 71.8 Å². The van der Waals surface area contributed by atoms with Gasteiger partial charge in [-0.3, -0.25) is 9.59 Å². The number of amides is 2. The van der Waals surface area contributed by atoms with E-state index < -0.39 is 18.2 Å². The molecule has 1 saturated carbocycles. The molecular weight excluding hydrogens is 514 g/mol. The van der Waals surface area contributed by atoms with Crippen LogP contribution in [0.2, 0.25) is 0 Å². The summed E-state index contributed by atoms with van der Waals surface area (Å²) in [5, 5.41) is 18.2. The average molecular weight is 564 g/mol. The summed E-state index contributed by atoms with van der Waals surface area (Å²) in [6, 6.07) is 8.90. The lowest BCUT2D eigenvalue weighted by Gasteiger charge is -2.32. The second kappa shape index (κ2) is 14.9. The molecular formula is C34H49N3O4. The van der Waals surface area contributed by atoms with E-state index >= 15 is 0 Å². The van der Waals surface area contributed by atoms with Crippen LogP contribution in [-0.4, -0.2) is 72.4 Å². The molecule has 224 valence electrons. The largest absolute Gasteiger partial charge is 0.390 e. The number of ether oxygens (including phenoxy) is 1. The molecule has 1 aromatic rings. The zero-order valence-corrected chi connectivity index (χ0v) is 25.2. The lowest BCUT2D eigenvalue weighted by atomic mass is 9.86. The summed E-state index contributed by atoms with van der Waals surface area (Å²) in [4.78, 5) is 28.7. The van der Waals surface area contributed by atoms with Gasteiger partial charge in [-0.2, -0.15) is 0 Å². The second-order valence-electron chi connectivity index (χ2n) is 12.1. The van der Waals surface area contributed by atoms with E-state index in [2.05, 4.69) is 42.7 Å². The SMILES string of the molecule is CCCC[C@H](C)C(=O)N(C)C1CC=CCO[C@@H]2CC(NC[C@@H](O)[C@H](Cc3ccccc3)NC1=O)C1C=C(C)C=CC12. The van der Waals surface area contributed by atoms with Crippen LogP contribution in [0, 0.1) is 17.8 Å². The van der Waals surface area contributed by atoms with Gasteiger partial charge in [-0.15, -0.1) is 0 Å². The Balaban J connectivity index is 1.58. The van der Waals surface area contributed by atoms with Crippen molar-refractivity contribution in [2.75, 3.05) is 20.2 Å². The van der Waals surface area contributed by atoms with Gasteiger partial charge in [0.05, 0.1) is 24.9 Å². The molecule has 7 heteroatoms. The number of hydrogen-bond donors (Lipinski definition) is 3. The van der Waals surface area contributed by atoms with Crippen molar-refractivity contribution >= 4 is 11.8 Å². The molecule has 4 rings (SSSR count). The van der Waals surface area contributed by atoms with Crippen LogP contribution in [0.15, 0.2) is 66.3 Å². The minimum Gasteiger partial charge on any atom is -0.390 e. The molecule has 2 amide bonds. The van der Waals surface area contributed by atoms with Crippen LogP contribution in [0.25, 0.3) is 0 Å². The van der Waals surface area contributed by atoms with Crippen molar-refractivity contribution < 1.29 is 19.4 Å². The first-order valence-corrected chi connectivity index (χ1v) is 15.4. The first-order chi connectivity index (χ1) is 19.8. The Morgan fingerprint density at radius 2 is 1.98 bits per heavy atom. The summed E-state index contributed by atoms with van der Waals surface area (Å²) in [6.07, 6.45) is 14.5. The smallest absolute Gasteiger partial charge is 0.243 e. The molecule has 2 aliphatic carbocycles. The van der Waals surface area contributed by atoms with Crippen LogP contribution in [0.1, 0.15) is 58.4 Å². The molecule has 3 aliphatic rings. The highest BCUT2D eigenvalue weighted by Crippen LogP contribution is 2.39. The van der Waals surface area contributed by atoms with Gasteiger partial charge in [0.15, 0.2) is 0 Å². The van der Waals surface area contributed by atoms with Crippen molar-refractivity contribution in [3.8, 4) is 0 Å². The van der Waals surface area contributed by atoms with Crippen molar-refractivity contribution in [2.45, 2.75) is 89.6 Å². The Kier molecular flexibility index (Phi) is 11.4. The number of β-amino-alcohol motifs (C(OH)–C–C–N with tert-alkyl or cyclic N) is 1. The molecule has 4 unspecified atom stereocenters. The number of carbonyl (C=O) groups excluding carboxylic acids is 2. The minimum absolute atomic E-state index is 0.0289. The molecule has 1 aliphatic heterocycles. The van der Waals surface area contributed by atoms with Crippen molar-refractivity contribution in [3.63, 3.8) is 0 Å². The Bertz CT molecular complexity index is 1100. The summed E-state index contributed by atoms with van der Waals surface area (Å²) in [6.45, 7) is 6.98. The number of likely N-dealkylation sites (N-methyl/N-ethyl adjacent to an activating group) is 1. The van der Waals surface area contributed by atoms with Gasteiger partial charge in [0, 0.05) is 37.4 Å². The predicted molar refractivity (Wildman–Crippen MR) is 163 cm³/mol. The summed E-state index contributed by atoms with van der Waals surface area (Å²) in [7, 11) is 1.72. The van der Waals surface area contributed by atoms with Gasteiger partial charge in [-0.25, -0.2) is 0 Å². The number of aliphatic hydroxyl groups is 1. The number of allylic oxidation sites excluding steroid dienone is 2. The Hall–Kier alpha value is -2.74. The molecule has 3 N–H and O–H groups in total. The molecule has 41 heavy (non-hydrogen) atoms. The van der Waals surface area contributed by atoms with Gasteiger partial charge >= 0.3 is 0 Å². The van der Waals surface area contributed by atoms with E-state index in [0.717, 1.165) is 31.2 Å². The summed E-state index contributed by atoms with van der Waals surface area (Å²) in [5.74, 6) is 0.155. The Morgan fingerprint density at radius 1 is 1.20 bits per heavy atom. The van der Waals surface area contributed by atoms with Crippen LogP contribution in [0.3, 0.4) is 0 Å². The number of hydrogen-bond acceptors (Lipinski definition) is 5. The number of carbonyl (C=O) groups is 2. The monoisotopic (exact) mass is 563 g/mol. The molecule has 1 fully saturated rings. The predicted octanol–water partition coefficient (Wildman–Crippen LogP) is 4.18. The maximum absolute atomic E-state index is 13.8. The van der Waals surface area contributed by atoms with Crippen molar-refractivity contribution in [1.82, 2.24) is 15.5 Å². The van der Waals surface area contributed by atoms with Crippen molar-refractivity contribution in [2.24, 2.45) is 17.8 Å². The molecule has 2 bridgehead atoms. The molecule has 0 spiro atoms. The zero-order valence-electron chi connectivity index (χ0n) is 25.2. The molecule has 1 heterocycles. The van der Waals surface area contributed by atoms with Crippen LogP contribution in [0.4, 0.5) is 0 Å². The highest BCUT2D eigenvalue weighted by molar-refractivity contribution is 5.88. The van der Waals surface area contributed by atoms with Gasteiger partial charge in [-0.1, -0.05) is 93.0 Å². The number of nitrogens with zero attached hydrogens (tertiary/aromatic N) is 1. The summed E-state index contributed by atoms with van der Waals surface area (Å²) in [5.41, 5.74) is 2.28. The van der Waals surface area contributed by atoms with Crippen molar-refractivity contribution in [1.29, 1.82) is 0 Å². The van der Waals surface area contributed by atoms with Gasteiger partial charge in [0.1, 0.15) is 6.04 Å². The fraction of sp³-hybridized carbons (Fsp3) is 0.588. The highest BCUT2D eigenvalue weighted by atomic mass is 16.5. The van der Waals surface area contributed by atoms with Gasteiger partial charge in [-0.05, 0) is 38.2 Å². The van der Waals surface area contributed by atoms with E-state index in [1.165, 1.54) is 5.57 Å². The first-order valence-electron chi connectivity index (χ1n) is 15.4. The third-order valence-corrected chi connectivity index (χ3v) is 9.00. The van der Waals surface area contributed by atoms with Crippen LogP contribution >= 0.6 is 0 Å². The molecule has 0 radical (unpaired) electrons. The van der Waals surface area contributed by atoms with Crippen LogP contribution in [-0.2, 0) is 20.7 Å². The topological polar surface area (TPSA) is 90.9 Å². The van der Waals surface area contributed by atoms with E-state index in [9.17, 15) is 14.7 Å². The number of aliphatic hydroxyl groups excluding tert-OH is 1. The maximum atomic E-state index is 13.8. The molecule has 7 nitrogen and oxygen atoms in total. The minimum atomic E-state index is -0.812. The lowest BCUT2D eigenvalue weighted by molar-refractivity contribution is -0.142. The van der Waals surface area contributed by atoms with E-state index in [1.807, 2.05) is 49.4 Å². The second-order valence-corrected chi connectivity index (χ2v) is 12.1. The maximum Gasteiger partial charge on any atom is 0.243 e. The number of rotatable bonds is 7. The fourth-order valence-corrected chi connectivity index (χ4v) is 6.47. The van der Waals surface area contributed by atoms with Crippen LogP contribution < -0.4 is 10.6 Å². The number of unbranched alkanes of at least 4 members (excludes halogenated alkanes) is 1. The van der Waals surface area contributed by atoms with Gasteiger partial charge in [0.25, 0.3) is 0 Å². The van der Waals surface area contributed by atoms with E-state index in [4.69, 9.17) is 4.74 Å². The lowest BCUT2D eigenvalue weighted by Crippen LogP contribution is -2.56. The van der Waals surface area contributed by atoms with Gasteiger partial charge in [0.2, 0.25) is 11.8 Å². The highest BCUT2D eigenvalue weighted by Gasteiger charge is 2.42. The van der Waals surface area contributed by atoms with Gasteiger partial charge < -0.3 is 25.4 Å². The van der Waals surface area contributed by atoms with Crippen LogP contribution in [0.5, 0.6) is 0 Å². The zero-order chi connectivity index (χ0) is 29.4. The Labute approximate surface area is 246 Å². The standard InChI is InChI=1S/C34H49N3O4/c1-5-6-12-24(3)34(40)37(4)30-15-10-11-18-41-32-21-28(27-19-23(2)16-17-26(27)32)35-22-31(38)29(36-33(30)39)20-25-13-8-7-9-14-25/h7-11,13-14,16-17,19,24,26-32,35,38H,5-6,12,15,18,20-22H2,1-4H3,(H,36,39)/t24-,26?,27?,28?,29-,30?,31+,32+/m0/s1. The normalized spacial score (nSPS) is 31.3. The third-order valence-electron chi connectivity index (χ3n) is 9.00. The molecule has 0 aromatic heterocycles. The quantitative estimate of drug-likeness (QED) is 0.433. The molecule has 1 aromatic carbocycles.